The summed E-state index contributed by atoms with van der Waals surface area (Å²) in [5, 5.41) is 5.28. The van der Waals surface area contributed by atoms with Gasteiger partial charge in [0.05, 0.1) is 11.4 Å². The summed E-state index contributed by atoms with van der Waals surface area (Å²) >= 11 is 0. The normalized spacial score (nSPS) is 14.8. The van der Waals surface area contributed by atoms with Crippen molar-refractivity contribution in [3.8, 4) is 0 Å². The summed E-state index contributed by atoms with van der Waals surface area (Å²) in [6.45, 7) is 9.25. The molecule has 5 aromatic carbocycles. The highest BCUT2D eigenvalue weighted by Gasteiger charge is 2.48. The predicted octanol–water partition coefficient (Wildman–Crippen LogP) is 8.60. The second kappa shape index (κ2) is 7.22. The third-order valence-electron chi connectivity index (χ3n) is 7.00. The van der Waals surface area contributed by atoms with Crippen LogP contribution in [-0.4, -0.2) is 8.40 Å². The summed E-state index contributed by atoms with van der Waals surface area (Å²) in [7, 11) is -2.19. The molecule has 0 fully saturated rings. The van der Waals surface area contributed by atoms with E-state index in [1.54, 1.807) is 0 Å². The molecule has 0 bridgehead atoms. The first-order valence-electron chi connectivity index (χ1n) is 11.6. The van der Waals surface area contributed by atoms with Crippen LogP contribution in [-0.2, 0) is 0 Å². The third-order valence-corrected chi connectivity index (χ3v) is 10.2. The fourth-order valence-electron chi connectivity index (χ4n) is 5.48. The highest BCUT2D eigenvalue weighted by atomic mass is 28.3. The van der Waals surface area contributed by atoms with Gasteiger partial charge in [0.25, 0.3) is 8.40 Å². The SMILES string of the molecule is Cc1ccc(N2c3c(c4ccccc4c4ccccc34)N(c3ccc(C)cc3)[Si]2(C)C)cc1. The van der Waals surface area contributed by atoms with Gasteiger partial charge >= 0.3 is 0 Å². The number of hydrogen-bond acceptors (Lipinski definition) is 2. The van der Waals surface area contributed by atoms with E-state index < -0.39 is 8.40 Å². The van der Waals surface area contributed by atoms with Crippen LogP contribution in [0.4, 0.5) is 22.7 Å². The van der Waals surface area contributed by atoms with Crippen LogP contribution in [0.5, 0.6) is 0 Å². The van der Waals surface area contributed by atoms with Gasteiger partial charge in [0.1, 0.15) is 0 Å². The second-order valence-electron chi connectivity index (χ2n) is 9.62. The van der Waals surface area contributed by atoms with E-state index in [1.165, 1.54) is 55.4 Å². The molecule has 0 saturated carbocycles. The van der Waals surface area contributed by atoms with Gasteiger partial charge in [-0.2, -0.15) is 0 Å². The Hall–Kier alpha value is -3.56. The maximum atomic E-state index is 2.66. The molecule has 0 N–H and O–H groups in total. The van der Waals surface area contributed by atoms with Gasteiger partial charge in [-0.25, -0.2) is 0 Å². The standard InChI is InChI=1S/C30H28N2Si/c1-21-13-17-23(18-14-21)31-29-27-11-7-5-9-25(27)26-10-6-8-12-28(26)30(29)32(33(31,3)4)24-19-15-22(2)16-20-24/h5-20H,1-4H3. The van der Waals surface area contributed by atoms with Gasteiger partial charge in [-0.3, -0.25) is 0 Å². The van der Waals surface area contributed by atoms with Crippen molar-refractivity contribution in [3.63, 3.8) is 0 Å². The molecule has 1 heterocycles. The molecule has 33 heavy (non-hydrogen) atoms. The molecule has 1 aliphatic heterocycles. The second-order valence-corrected chi connectivity index (χ2v) is 13.5. The molecule has 1 aliphatic rings. The Kier molecular flexibility index (Phi) is 4.39. The van der Waals surface area contributed by atoms with E-state index in [1.807, 2.05) is 0 Å². The lowest BCUT2D eigenvalue weighted by molar-refractivity contribution is 1.30. The Morgan fingerprint density at radius 1 is 0.455 bits per heavy atom. The molecule has 5 aromatic rings. The monoisotopic (exact) mass is 444 g/mol. The zero-order chi connectivity index (χ0) is 22.7. The Morgan fingerprint density at radius 2 is 0.788 bits per heavy atom. The first-order valence-corrected chi connectivity index (χ1v) is 14.5. The van der Waals surface area contributed by atoms with Crippen molar-refractivity contribution in [1.29, 1.82) is 0 Å². The van der Waals surface area contributed by atoms with Crippen molar-refractivity contribution in [2.75, 3.05) is 9.13 Å². The number of aryl methyl sites for hydroxylation is 2. The third kappa shape index (κ3) is 2.92. The minimum atomic E-state index is -2.19. The molecule has 0 radical (unpaired) electrons. The number of nitrogens with zero attached hydrogens (tertiary/aromatic N) is 2. The predicted molar refractivity (Wildman–Crippen MR) is 146 cm³/mol. The minimum absolute atomic E-state index is 1.27. The molecule has 0 spiro atoms. The molecular formula is C30H28N2Si. The first kappa shape index (κ1) is 20.1. The van der Waals surface area contributed by atoms with Crippen LogP contribution in [0.15, 0.2) is 97.1 Å². The van der Waals surface area contributed by atoms with Gasteiger partial charge in [-0.1, -0.05) is 83.9 Å². The van der Waals surface area contributed by atoms with Crippen molar-refractivity contribution < 1.29 is 0 Å². The molecule has 0 aliphatic carbocycles. The number of anilines is 4. The molecular weight excluding hydrogens is 416 g/mol. The summed E-state index contributed by atoms with van der Waals surface area (Å²) in [4.78, 5) is 0. The largest absolute Gasteiger partial charge is 0.348 e. The van der Waals surface area contributed by atoms with Crippen molar-refractivity contribution in [2.45, 2.75) is 26.9 Å². The lowest BCUT2D eigenvalue weighted by Gasteiger charge is -2.38. The smallest absolute Gasteiger partial charge is 0.267 e. The van der Waals surface area contributed by atoms with E-state index in [9.17, 15) is 0 Å². The van der Waals surface area contributed by atoms with Gasteiger partial charge in [-0.05, 0) is 62.0 Å². The van der Waals surface area contributed by atoms with E-state index >= 15 is 0 Å². The quantitative estimate of drug-likeness (QED) is 0.199. The van der Waals surface area contributed by atoms with Crippen molar-refractivity contribution >= 4 is 52.7 Å². The zero-order valence-electron chi connectivity index (χ0n) is 19.6. The van der Waals surface area contributed by atoms with Gasteiger partial charge < -0.3 is 9.13 Å². The topological polar surface area (TPSA) is 6.48 Å². The van der Waals surface area contributed by atoms with Crippen LogP contribution in [0.1, 0.15) is 11.1 Å². The van der Waals surface area contributed by atoms with Gasteiger partial charge in [0, 0.05) is 22.1 Å². The average molecular weight is 445 g/mol. The summed E-state index contributed by atoms with van der Waals surface area (Å²) in [5.74, 6) is 0. The van der Waals surface area contributed by atoms with E-state index in [0.29, 0.717) is 0 Å². The van der Waals surface area contributed by atoms with Crippen LogP contribution in [0, 0.1) is 13.8 Å². The van der Waals surface area contributed by atoms with E-state index in [0.717, 1.165) is 0 Å². The molecule has 0 saturated heterocycles. The average Bonchev–Trinajstić information content (AvgIpc) is 3.08. The van der Waals surface area contributed by atoms with Crippen LogP contribution < -0.4 is 9.13 Å². The summed E-state index contributed by atoms with van der Waals surface area (Å²) < 4.78 is 5.33. The molecule has 3 heteroatoms. The Labute approximate surface area is 196 Å². The molecule has 0 aromatic heterocycles. The van der Waals surface area contributed by atoms with Gasteiger partial charge in [0.2, 0.25) is 0 Å². The lowest BCUT2D eigenvalue weighted by Crippen LogP contribution is -2.54. The van der Waals surface area contributed by atoms with E-state index in [4.69, 9.17) is 0 Å². The fourth-order valence-corrected chi connectivity index (χ4v) is 8.79. The molecule has 0 amide bonds. The number of rotatable bonds is 2. The van der Waals surface area contributed by atoms with Crippen molar-refractivity contribution in [1.82, 2.24) is 0 Å². The summed E-state index contributed by atoms with van der Waals surface area (Å²) in [6, 6.07) is 35.9. The first-order chi connectivity index (χ1) is 16.0. The Bertz CT molecular complexity index is 1390. The maximum absolute atomic E-state index is 2.66. The molecule has 6 rings (SSSR count). The number of fused-ring (bicyclic) bond motifs is 6. The Balaban J connectivity index is 1.78. The summed E-state index contributed by atoms with van der Waals surface area (Å²) in [5.41, 5.74) is 7.80. The molecule has 2 nitrogen and oxygen atoms in total. The van der Waals surface area contributed by atoms with Crippen LogP contribution in [0.25, 0.3) is 21.5 Å². The number of benzene rings is 5. The van der Waals surface area contributed by atoms with E-state index in [2.05, 4.69) is 133 Å². The fraction of sp³-hybridized carbons (Fsp3) is 0.133. The zero-order valence-corrected chi connectivity index (χ0v) is 20.6. The minimum Gasteiger partial charge on any atom is -0.348 e. The maximum Gasteiger partial charge on any atom is 0.267 e. The highest BCUT2D eigenvalue weighted by molar-refractivity contribution is 6.89. The molecule has 162 valence electrons. The van der Waals surface area contributed by atoms with Crippen LogP contribution in [0.2, 0.25) is 13.1 Å². The van der Waals surface area contributed by atoms with Gasteiger partial charge in [0.15, 0.2) is 0 Å². The molecule has 0 unspecified atom stereocenters. The molecule has 0 atom stereocenters. The number of hydrogen-bond donors (Lipinski definition) is 0. The van der Waals surface area contributed by atoms with Crippen molar-refractivity contribution in [2.24, 2.45) is 0 Å². The van der Waals surface area contributed by atoms with E-state index in [-0.39, 0.29) is 0 Å². The van der Waals surface area contributed by atoms with Crippen LogP contribution >= 0.6 is 0 Å². The van der Waals surface area contributed by atoms with Crippen molar-refractivity contribution in [3.05, 3.63) is 108 Å². The lowest BCUT2D eigenvalue weighted by atomic mass is 9.97. The van der Waals surface area contributed by atoms with Gasteiger partial charge in [-0.15, -0.1) is 0 Å². The summed E-state index contributed by atoms with van der Waals surface area (Å²) in [6.07, 6.45) is 0. The van der Waals surface area contributed by atoms with Crippen LogP contribution in [0.3, 0.4) is 0 Å². The highest BCUT2D eigenvalue weighted by Crippen LogP contribution is 2.56. The Morgan fingerprint density at radius 3 is 1.15 bits per heavy atom.